The molecule has 0 fully saturated rings. The van der Waals surface area contributed by atoms with Gasteiger partial charge in [-0.2, -0.15) is 0 Å². The van der Waals surface area contributed by atoms with Gasteiger partial charge in [0.05, 0.1) is 6.54 Å². The first-order valence-corrected chi connectivity index (χ1v) is 9.87. The number of nitrogens with one attached hydrogen (secondary N) is 3. The maximum absolute atomic E-state index is 11.8. The van der Waals surface area contributed by atoms with Crippen LogP contribution in [0.25, 0.3) is 0 Å². The van der Waals surface area contributed by atoms with E-state index in [0.29, 0.717) is 17.5 Å². The Kier molecular flexibility index (Phi) is 13.9. The molecule has 1 unspecified atom stereocenters. The minimum absolute atomic E-state index is 0. The molecule has 0 saturated heterocycles. The van der Waals surface area contributed by atoms with E-state index in [1.54, 1.807) is 7.05 Å². The first-order chi connectivity index (χ1) is 12.9. The molecule has 0 spiro atoms. The summed E-state index contributed by atoms with van der Waals surface area (Å²) in [5, 5.41) is 9.37. The van der Waals surface area contributed by atoms with Gasteiger partial charge in [0.25, 0.3) is 5.91 Å². The molecule has 1 aromatic carbocycles. The van der Waals surface area contributed by atoms with E-state index in [9.17, 15) is 4.79 Å². The van der Waals surface area contributed by atoms with E-state index in [1.165, 1.54) is 0 Å². The van der Waals surface area contributed by atoms with Crippen molar-refractivity contribution in [1.29, 1.82) is 0 Å². The van der Waals surface area contributed by atoms with Crippen molar-refractivity contribution < 1.29 is 4.79 Å². The van der Waals surface area contributed by atoms with Crippen molar-refractivity contribution in [3.05, 3.63) is 35.4 Å². The second-order valence-electron chi connectivity index (χ2n) is 7.42. The largest absolute Gasteiger partial charge is 0.357 e. The molecule has 0 radical (unpaired) electrons. The normalized spacial score (nSPS) is 12.5. The Hall–Kier alpha value is -1.35. The zero-order chi connectivity index (χ0) is 20.2. The second kappa shape index (κ2) is 14.6. The van der Waals surface area contributed by atoms with Crippen molar-refractivity contribution in [3.63, 3.8) is 0 Å². The van der Waals surface area contributed by atoms with Crippen LogP contribution in [0.3, 0.4) is 0 Å². The average Bonchev–Trinajstić information content (AvgIpc) is 2.64. The highest BCUT2D eigenvalue weighted by Crippen LogP contribution is 2.09. The summed E-state index contributed by atoms with van der Waals surface area (Å²) >= 11 is 0. The summed E-state index contributed by atoms with van der Waals surface area (Å²) in [6.07, 6.45) is 1.96. The van der Waals surface area contributed by atoms with Crippen LogP contribution in [0.4, 0.5) is 0 Å². The number of carbonyl (C=O) groups is 1. The van der Waals surface area contributed by atoms with Crippen LogP contribution in [-0.4, -0.2) is 63.6 Å². The Morgan fingerprint density at radius 1 is 1.21 bits per heavy atom. The second-order valence-corrected chi connectivity index (χ2v) is 7.42. The van der Waals surface area contributed by atoms with Crippen LogP contribution in [0.1, 0.15) is 43.1 Å². The predicted molar refractivity (Wildman–Crippen MR) is 130 cm³/mol. The number of halogens is 1. The maximum Gasteiger partial charge on any atom is 0.251 e. The lowest BCUT2D eigenvalue weighted by Crippen LogP contribution is -2.40. The highest BCUT2D eigenvalue weighted by Gasteiger charge is 2.13. The Bertz CT molecular complexity index is 604. The Morgan fingerprint density at radius 3 is 2.50 bits per heavy atom. The minimum Gasteiger partial charge on any atom is -0.357 e. The van der Waals surface area contributed by atoms with Crippen molar-refractivity contribution in [2.24, 2.45) is 10.9 Å². The van der Waals surface area contributed by atoms with Crippen LogP contribution in [0.5, 0.6) is 0 Å². The molecule has 0 aliphatic heterocycles. The number of likely N-dealkylation sites (N-methyl/N-ethyl adjacent to an activating group) is 1. The number of amides is 1. The molecule has 3 N–H and O–H groups in total. The van der Waals surface area contributed by atoms with Crippen LogP contribution >= 0.6 is 24.0 Å². The summed E-state index contributed by atoms with van der Waals surface area (Å²) < 4.78 is 0. The summed E-state index contributed by atoms with van der Waals surface area (Å²) in [6.45, 7) is 8.93. The summed E-state index contributed by atoms with van der Waals surface area (Å²) in [5.41, 5.74) is 1.82. The molecule has 1 aromatic rings. The SMILES string of the molecule is CCNC(=NCC(CC(C)C)N(C)C)NCCc1cccc(C(=O)NC)c1.I. The topological polar surface area (TPSA) is 68.8 Å². The zero-order valence-corrected chi connectivity index (χ0v) is 20.5. The summed E-state index contributed by atoms with van der Waals surface area (Å²) in [6, 6.07) is 8.17. The van der Waals surface area contributed by atoms with E-state index in [2.05, 4.69) is 55.7 Å². The van der Waals surface area contributed by atoms with Gasteiger partial charge in [0.2, 0.25) is 0 Å². The van der Waals surface area contributed by atoms with Gasteiger partial charge in [-0.25, -0.2) is 0 Å². The molecule has 7 heteroatoms. The molecule has 0 aliphatic rings. The van der Waals surface area contributed by atoms with Gasteiger partial charge < -0.3 is 20.9 Å². The highest BCUT2D eigenvalue weighted by molar-refractivity contribution is 14.0. The fourth-order valence-electron chi connectivity index (χ4n) is 2.87. The lowest BCUT2D eigenvalue weighted by atomic mass is 10.0. The first-order valence-electron chi connectivity index (χ1n) is 9.87. The van der Waals surface area contributed by atoms with E-state index < -0.39 is 0 Å². The van der Waals surface area contributed by atoms with Gasteiger partial charge in [0.1, 0.15) is 0 Å². The third-order valence-corrected chi connectivity index (χ3v) is 4.40. The number of nitrogens with zero attached hydrogens (tertiary/aromatic N) is 2. The number of hydrogen-bond acceptors (Lipinski definition) is 3. The highest BCUT2D eigenvalue weighted by atomic mass is 127. The lowest BCUT2D eigenvalue weighted by molar-refractivity contribution is 0.0963. The number of guanidine groups is 1. The third-order valence-electron chi connectivity index (χ3n) is 4.40. The molecule has 0 bridgehead atoms. The van der Waals surface area contributed by atoms with E-state index in [-0.39, 0.29) is 29.9 Å². The van der Waals surface area contributed by atoms with Crippen molar-refractivity contribution >= 4 is 35.8 Å². The summed E-state index contributed by atoms with van der Waals surface area (Å²) in [5.74, 6) is 1.44. The summed E-state index contributed by atoms with van der Waals surface area (Å²) in [7, 11) is 5.88. The van der Waals surface area contributed by atoms with E-state index in [0.717, 1.165) is 44.0 Å². The fourth-order valence-corrected chi connectivity index (χ4v) is 2.87. The standard InChI is InChI=1S/C21H37N5O.HI/c1-7-23-21(25-15-19(26(5)6)13-16(2)3)24-12-11-17-9-8-10-18(14-17)20(27)22-4;/h8-10,14,16,19H,7,11-13,15H2,1-6H3,(H,22,27)(H2,23,24,25);1H. The molecule has 1 rings (SSSR count). The number of rotatable bonds is 10. The molecule has 0 saturated carbocycles. The van der Waals surface area contributed by atoms with Crippen LogP contribution in [-0.2, 0) is 6.42 Å². The van der Waals surface area contributed by atoms with Crippen LogP contribution < -0.4 is 16.0 Å². The zero-order valence-electron chi connectivity index (χ0n) is 18.2. The maximum atomic E-state index is 11.8. The molecule has 28 heavy (non-hydrogen) atoms. The van der Waals surface area contributed by atoms with Gasteiger partial charge in [-0.15, -0.1) is 24.0 Å². The van der Waals surface area contributed by atoms with Gasteiger partial charge in [-0.3, -0.25) is 9.79 Å². The van der Waals surface area contributed by atoms with Crippen molar-refractivity contribution in [3.8, 4) is 0 Å². The predicted octanol–water partition coefficient (Wildman–Crippen LogP) is 2.74. The summed E-state index contributed by atoms with van der Waals surface area (Å²) in [4.78, 5) is 18.8. The molecule has 1 amide bonds. The number of carbonyl (C=O) groups excluding carboxylic acids is 1. The Labute approximate surface area is 188 Å². The minimum atomic E-state index is -0.0559. The van der Waals surface area contributed by atoms with Crippen LogP contribution in [0.2, 0.25) is 0 Å². The van der Waals surface area contributed by atoms with Crippen molar-refractivity contribution in [2.75, 3.05) is 40.8 Å². The van der Waals surface area contributed by atoms with Gasteiger partial charge in [0, 0.05) is 31.7 Å². The number of benzene rings is 1. The number of aliphatic imine (C=N–C) groups is 1. The monoisotopic (exact) mass is 503 g/mol. The van der Waals surface area contributed by atoms with Gasteiger partial charge in [-0.1, -0.05) is 26.0 Å². The Morgan fingerprint density at radius 2 is 1.93 bits per heavy atom. The smallest absolute Gasteiger partial charge is 0.251 e. The van der Waals surface area contributed by atoms with Crippen LogP contribution in [0.15, 0.2) is 29.3 Å². The fraction of sp³-hybridized carbons (Fsp3) is 0.619. The van der Waals surface area contributed by atoms with Crippen molar-refractivity contribution in [2.45, 2.75) is 39.7 Å². The van der Waals surface area contributed by atoms with E-state index >= 15 is 0 Å². The van der Waals surface area contributed by atoms with Crippen molar-refractivity contribution in [1.82, 2.24) is 20.9 Å². The molecule has 0 heterocycles. The van der Waals surface area contributed by atoms with E-state index in [4.69, 9.17) is 4.99 Å². The molecular formula is C21H38IN5O. The van der Waals surface area contributed by atoms with E-state index in [1.807, 2.05) is 24.3 Å². The third kappa shape index (κ3) is 10.3. The molecule has 0 aromatic heterocycles. The molecular weight excluding hydrogens is 465 g/mol. The van der Waals surface area contributed by atoms with Gasteiger partial charge in [-0.05, 0) is 57.5 Å². The molecule has 160 valence electrons. The number of hydrogen-bond donors (Lipinski definition) is 3. The lowest BCUT2D eigenvalue weighted by Gasteiger charge is -2.24. The molecule has 6 nitrogen and oxygen atoms in total. The Balaban J connectivity index is 0.00000729. The molecule has 0 aliphatic carbocycles. The van der Waals surface area contributed by atoms with Crippen LogP contribution in [0, 0.1) is 5.92 Å². The van der Waals surface area contributed by atoms with Gasteiger partial charge in [0.15, 0.2) is 5.96 Å². The first kappa shape index (κ1) is 26.6. The quantitative estimate of drug-likeness (QED) is 0.261. The molecule has 1 atom stereocenters. The average molecular weight is 503 g/mol. The van der Waals surface area contributed by atoms with Gasteiger partial charge >= 0.3 is 0 Å².